The Morgan fingerprint density at radius 1 is 1.21 bits per heavy atom. The molecule has 4 nitrogen and oxygen atoms in total. The second-order valence-corrected chi connectivity index (χ2v) is 8.73. The van der Waals surface area contributed by atoms with Crippen LogP contribution in [0.5, 0.6) is 0 Å². The number of nitrogens with two attached hydrogens (primary N) is 1. The third kappa shape index (κ3) is 4.69. The van der Waals surface area contributed by atoms with Crippen LogP contribution in [0.1, 0.15) is 11.3 Å². The van der Waals surface area contributed by atoms with Gasteiger partial charge >= 0.3 is 0 Å². The molecule has 0 aliphatic heterocycles. The minimum atomic E-state index is -3.38. The molecule has 0 atom stereocenters. The van der Waals surface area contributed by atoms with E-state index < -0.39 is 16.5 Å². The molecule has 1 aromatic heterocycles. The Morgan fingerprint density at radius 2 is 1.93 bits per heavy atom. The third-order valence-corrected chi connectivity index (χ3v) is 5.85. The molecule has 0 aliphatic carbocycles. The molecule has 1 heterocycles. The van der Waals surface area contributed by atoms with Crippen molar-refractivity contribution >= 4 is 33.1 Å². The minimum absolute atomic E-state index is 0. The van der Waals surface area contributed by atoms with Crippen LogP contribution in [0, 0.1) is 6.92 Å². The Kier molecular flexibility index (Phi) is 7.21. The number of benzene rings is 2. The van der Waals surface area contributed by atoms with Gasteiger partial charge in [0.2, 0.25) is 0 Å². The van der Waals surface area contributed by atoms with Crippen LogP contribution in [0.15, 0.2) is 59.3 Å². The molecular formula is C21H23ClF2N2O2S. The van der Waals surface area contributed by atoms with Gasteiger partial charge in [-0.15, -0.1) is 12.4 Å². The van der Waals surface area contributed by atoms with E-state index in [1.54, 1.807) is 41.0 Å². The topological polar surface area (TPSA) is 65.1 Å². The van der Waals surface area contributed by atoms with Gasteiger partial charge in [0.15, 0.2) is 9.84 Å². The van der Waals surface area contributed by atoms with Crippen molar-refractivity contribution in [2.24, 2.45) is 5.73 Å². The minimum Gasteiger partial charge on any atom is -0.337 e. The van der Waals surface area contributed by atoms with Crippen LogP contribution in [0.2, 0.25) is 0 Å². The van der Waals surface area contributed by atoms with Crippen LogP contribution in [0.3, 0.4) is 0 Å². The number of allylic oxidation sites excluding steroid dienone is 1. The molecule has 2 N–H and O–H groups in total. The monoisotopic (exact) mass is 440 g/mol. The Balaban J connectivity index is 0.00000300. The van der Waals surface area contributed by atoms with E-state index in [4.69, 9.17) is 5.73 Å². The highest BCUT2D eigenvalue weighted by Crippen LogP contribution is 2.36. The fourth-order valence-electron chi connectivity index (χ4n) is 3.41. The average molecular weight is 441 g/mol. The van der Waals surface area contributed by atoms with Crippen LogP contribution in [-0.2, 0) is 23.1 Å². The standard InChI is InChI=1S/C21H22F2N2O2S.ClH/c1-14-21(16-4-3-5-18(11-16)28(2,26)27)19-10-15(12-22)6-7-20(19)25(14)13-17(23)8-9-24;/h3-8,10-11H,9,12-13,24H2,1-2H3;1H/b17-8-;. The number of sulfone groups is 1. The Labute approximate surface area is 175 Å². The Bertz CT molecular complexity index is 1170. The summed E-state index contributed by atoms with van der Waals surface area (Å²) in [7, 11) is -3.38. The molecule has 29 heavy (non-hydrogen) atoms. The predicted octanol–water partition coefficient (Wildman–Crippen LogP) is 4.72. The van der Waals surface area contributed by atoms with E-state index in [-0.39, 0.29) is 36.2 Å². The van der Waals surface area contributed by atoms with Crippen LogP contribution in [-0.4, -0.2) is 25.8 Å². The molecule has 0 spiro atoms. The van der Waals surface area contributed by atoms with Crippen molar-refractivity contribution in [2.75, 3.05) is 12.8 Å². The summed E-state index contributed by atoms with van der Waals surface area (Å²) in [6.07, 6.45) is 2.46. The molecule has 0 radical (unpaired) electrons. The zero-order chi connectivity index (χ0) is 20.5. The maximum Gasteiger partial charge on any atom is 0.175 e. The maximum absolute atomic E-state index is 14.2. The van der Waals surface area contributed by atoms with E-state index >= 15 is 0 Å². The number of fused-ring (bicyclic) bond motifs is 1. The van der Waals surface area contributed by atoms with Gasteiger partial charge in [0, 0.05) is 35.0 Å². The molecule has 2 aromatic carbocycles. The molecule has 3 rings (SSSR count). The van der Waals surface area contributed by atoms with E-state index in [2.05, 4.69) is 0 Å². The van der Waals surface area contributed by atoms with Gasteiger partial charge in [0.1, 0.15) is 12.5 Å². The number of alkyl halides is 1. The molecule has 156 valence electrons. The lowest BCUT2D eigenvalue weighted by atomic mass is 10.0. The van der Waals surface area contributed by atoms with E-state index in [1.165, 1.54) is 12.1 Å². The van der Waals surface area contributed by atoms with Crippen molar-refractivity contribution in [3.05, 3.63) is 65.6 Å². The Hall–Kier alpha value is -2.22. The van der Waals surface area contributed by atoms with Gasteiger partial charge in [-0.3, -0.25) is 0 Å². The molecule has 8 heteroatoms. The number of halogens is 3. The van der Waals surface area contributed by atoms with Gasteiger partial charge in [-0.25, -0.2) is 17.2 Å². The summed E-state index contributed by atoms with van der Waals surface area (Å²) in [4.78, 5) is 0.196. The number of hydrogen-bond donors (Lipinski definition) is 1. The van der Waals surface area contributed by atoms with Crippen molar-refractivity contribution in [1.82, 2.24) is 4.57 Å². The molecule has 0 aliphatic rings. The van der Waals surface area contributed by atoms with Gasteiger partial charge in [-0.1, -0.05) is 18.2 Å². The average Bonchev–Trinajstić information content (AvgIpc) is 2.92. The van der Waals surface area contributed by atoms with E-state index in [9.17, 15) is 17.2 Å². The van der Waals surface area contributed by atoms with Gasteiger partial charge in [-0.2, -0.15) is 0 Å². The normalized spacial score (nSPS) is 12.2. The molecular weight excluding hydrogens is 418 g/mol. The van der Waals surface area contributed by atoms with Crippen LogP contribution in [0.25, 0.3) is 22.0 Å². The molecule has 0 bridgehead atoms. The number of hydrogen-bond acceptors (Lipinski definition) is 3. The lowest BCUT2D eigenvalue weighted by Crippen LogP contribution is -2.03. The predicted molar refractivity (Wildman–Crippen MR) is 116 cm³/mol. The van der Waals surface area contributed by atoms with Crippen molar-refractivity contribution in [1.29, 1.82) is 0 Å². The zero-order valence-corrected chi connectivity index (χ0v) is 17.8. The largest absolute Gasteiger partial charge is 0.337 e. The summed E-state index contributed by atoms with van der Waals surface area (Å²) >= 11 is 0. The van der Waals surface area contributed by atoms with Crippen LogP contribution in [0.4, 0.5) is 8.78 Å². The quantitative estimate of drug-likeness (QED) is 0.603. The lowest BCUT2D eigenvalue weighted by molar-refractivity contribution is 0.485. The highest BCUT2D eigenvalue weighted by Gasteiger charge is 2.18. The van der Waals surface area contributed by atoms with E-state index in [0.29, 0.717) is 11.1 Å². The number of nitrogens with zero attached hydrogens (tertiary/aromatic N) is 1. The lowest BCUT2D eigenvalue weighted by Gasteiger charge is -2.08. The Morgan fingerprint density at radius 3 is 2.55 bits per heavy atom. The molecule has 3 aromatic rings. The molecule has 0 fully saturated rings. The van der Waals surface area contributed by atoms with Crippen LogP contribution >= 0.6 is 12.4 Å². The molecule has 0 saturated carbocycles. The fourth-order valence-corrected chi connectivity index (χ4v) is 4.07. The second kappa shape index (κ2) is 9.07. The first-order valence-corrected chi connectivity index (χ1v) is 10.7. The zero-order valence-electron chi connectivity index (χ0n) is 16.2. The summed E-state index contributed by atoms with van der Waals surface area (Å²) < 4.78 is 53.2. The van der Waals surface area contributed by atoms with Crippen molar-refractivity contribution < 1.29 is 17.2 Å². The smallest absolute Gasteiger partial charge is 0.175 e. The van der Waals surface area contributed by atoms with E-state index in [0.717, 1.165) is 28.4 Å². The summed E-state index contributed by atoms with van der Waals surface area (Å²) in [6.45, 7) is 1.32. The summed E-state index contributed by atoms with van der Waals surface area (Å²) in [5.41, 5.74) is 8.85. The maximum atomic E-state index is 14.2. The van der Waals surface area contributed by atoms with Crippen molar-refractivity contribution in [2.45, 2.75) is 25.0 Å². The summed E-state index contributed by atoms with van der Waals surface area (Å²) in [5, 5.41) is 0.749. The first-order chi connectivity index (χ1) is 13.3. The molecule has 0 amide bonds. The highest BCUT2D eigenvalue weighted by atomic mass is 35.5. The molecule has 0 unspecified atom stereocenters. The van der Waals surface area contributed by atoms with Gasteiger partial charge in [-0.05, 0) is 48.4 Å². The first kappa shape index (κ1) is 23.1. The number of aromatic nitrogens is 1. The fraction of sp³-hybridized carbons (Fsp3) is 0.238. The van der Waals surface area contributed by atoms with Gasteiger partial charge < -0.3 is 10.3 Å². The summed E-state index contributed by atoms with van der Waals surface area (Å²) in [5.74, 6) is -0.367. The second-order valence-electron chi connectivity index (χ2n) is 6.72. The first-order valence-electron chi connectivity index (χ1n) is 8.79. The number of rotatable bonds is 6. The summed E-state index contributed by atoms with van der Waals surface area (Å²) in [6, 6.07) is 11.7. The SMILES string of the molecule is Cc1c(-c2cccc(S(C)(=O)=O)c2)c2cc(CF)ccc2n1C/C(F)=C/CN.Cl. The van der Waals surface area contributed by atoms with E-state index in [1.807, 2.05) is 6.92 Å². The third-order valence-electron chi connectivity index (χ3n) is 4.74. The molecule has 0 saturated heterocycles. The van der Waals surface area contributed by atoms with Gasteiger partial charge in [0.25, 0.3) is 0 Å². The van der Waals surface area contributed by atoms with Crippen LogP contribution < -0.4 is 5.73 Å². The van der Waals surface area contributed by atoms with Gasteiger partial charge in [0.05, 0.1) is 11.4 Å². The van der Waals surface area contributed by atoms with Crippen molar-refractivity contribution in [3.8, 4) is 11.1 Å². The van der Waals surface area contributed by atoms with Crippen molar-refractivity contribution in [3.63, 3.8) is 0 Å². The highest BCUT2D eigenvalue weighted by molar-refractivity contribution is 7.90.